The van der Waals surface area contributed by atoms with E-state index in [2.05, 4.69) is 35.2 Å². The minimum Gasteiger partial charge on any atom is -0.397 e. The Morgan fingerprint density at radius 2 is 2.10 bits per heavy atom. The van der Waals surface area contributed by atoms with Gasteiger partial charge in [-0.2, -0.15) is 0 Å². The van der Waals surface area contributed by atoms with Crippen molar-refractivity contribution >= 4 is 52.5 Å². The van der Waals surface area contributed by atoms with Crippen LogP contribution in [0.4, 0.5) is 5.69 Å². The number of thiol groups is 1. The number of nitrogen functional groups attached to an aromatic ring is 1. The third kappa shape index (κ3) is 1.71. The molecule has 10 heavy (non-hydrogen) atoms. The lowest BCUT2D eigenvalue weighted by molar-refractivity contribution is 1.44. The van der Waals surface area contributed by atoms with E-state index in [1.54, 1.807) is 12.1 Å². The van der Waals surface area contributed by atoms with Crippen molar-refractivity contribution in [3.8, 4) is 0 Å². The second kappa shape index (κ2) is 3.19. The summed E-state index contributed by atoms with van der Waals surface area (Å²) >= 11 is 12.0. The van der Waals surface area contributed by atoms with E-state index in [9.17, 15) is 0 Å². The fraction of sp³-hybridized carbons (Fsp3) is 0. The van der Waals surface area contributed by atoms with Gasteiger partial charge < -0.3 is 5.73 Å². The molecule has 2 N–H and O–H groups in total. The smallest absolute Gasteiger partial charge is 0.0586 e. The van der Waals surface area contributed by atoms with Crippen LogP contribution in [0.2, 0.25) is 5.02 Å². The molecule has 1 nitrogen and oxygen atoms in total. The number of halogens is 2. The maximum absolute atomic E-state index is 5.71. The lowest BCUT2D eigenvalue weighted by Crippen LogP contribution is -1.90. The van der Waals surface area contributed by atoms with E-state index in [-0.39, 0.29) is 0 Å². The first-order valence-electron chi connectivity index (χ1n) is 2.54. The standard InChI is InChI=1S/C6H5ClINS/c7-3-1-4(8)6(9)5(10)2-3/h1-2,10H,9H2. The largest absolute Gasteiger partial charge is 0.397 e. The average Bonchev–Trinajstić information content (AvgIpc) is 1.82. The topological polar surface area (TPSA) is 26.0 Å². The highest BCUT2D eigenvalue weighted by Gasteiger charge is 2.00. The van der Waals surface area contributed by atoms with Crippen LogP contribution >= 0.6 is 46.8 Å². The van der Waals surface area contributed by atoms with Gasteiger partial charge in [-0.15, -0.1) is 12.6 Å². The molecule has 1 aromatic carbocycles. The maximum atomic E-state index is 5.71. The molecule has 0 aliphatic heterocycles. The van der Waals surface area contributed by atoms with Crippen molar-refractivity contribution in [2.45, 2.75) is 4.90 Å². The summed E-state index contributed by atoms with van der Waals surface area (Å²) in [6.45, 7) is 0. The lowest BCUT2D eigenvalue weighted by atomic mass is 10.3. The molecule has 4 heteroatoms. The molecule has 1 rings (SSSR count). The third-order valence-corrected chi connectivity index (χ3v) is 2.55. The lowest BCUT2D eigenvalue weighted by Gasteiger charge is -2.01. The highest BCUT2D eigenvalue weighted by atomic mass is 127. The van der Waals surface area contributed by atoms with E-state index in [4.69, 9.17) is 17.3 Å². The van der Waals surface area contributed by atoms with Crippen molar-refractivity contribution in [1.82, 2.24) is 0 Å². The molecule has 0 spiro atoms. The zero-order chi connectivity index (χ0) is 7.72. The first kappa shape index (κ1) is 8.49. The fourth-order valence-electron chi connectivity index (χ4n) is 0.571. The Bertz CT molecular complexity index is 241. The Morgan fingerprint density at radius 1 is 1.50 bits per heavy atom. The van der Waals surface area contributed by atoms with Crippen LogP contribution in [0.5, 0.6) is 0 Å². The van der Waals surface area contributed by atoms with Crippen LogP contribution in [0.3, 0.4) is 0 Å². The second-order valence-electron chi connectivity index (χ2n) is 1.82. The number of hydrogen-bond acceptors (Lipinski definition) is 2. The van der Waals surface area contributed by atoms with Gasteiger partial charge in [0.15, 0.2) is 0 Å². The summed E-state index contributed by atoms with van der Waals surface area (Å²) in [5.74, 6) is 0. The first-order chi connectivity index (χ1) is 4.61. The summed E-state index contributed by atoms with van der Waals surface area (Å²) < 4.78 is 0.940. The quantitative estimate of drug-likeness (QED) is 0.428. The summed E-state index contributed by atoms with van der Waals surface area (Å²) in [4.78, 5) is 0.733. The average molecular weight is 286 g/mol. The molecule has 0 unspecified atom stereocenters. The third-order valence-electron chi connectivity index (χ3n) is 1.07. The predicted molar refractivity (Wildman–Crippen MR) is 55.8 cm³/mol. The van der Waals surface area contributed by atoms with E-state index in [1.807, 2.05) is 0 Å². The number of hydrogen-bond donors (Lipinski definition) is 2. The van der Waals surface area contributed by atoms with Gasteiger partial charge in [0.1, 0.15) is 0 Å². The monoisotopic (exact) mass is 285 g/mol. The molecular weight excluding hydrogens is 280 g/mol. The van der Waals surface area contributed by atoms with Crippen molar-refractivity contribution in [3.63, 3.8) is 0 Å². The zero-order valence-electron chi connectivity index (χ0n) is 4.94. The molecule has 0 aliphatic carbocycles. The van der Waals surface area contributed by atoms with Crippen molar-refractivity contribution in [1.29, 1.82) is 0 Å². The molecule has 0 amide bonds. The van der Waals surface area contributed by atoms with Gasteiger partial charge in [0, 0.05) is 13.5 Å². The first-order valence-corrected chi connectivity index (χ1v) is 4.45. The van der Waals surface area contributed by atoms with Crippen LogP contribution in [0, 0.1) is 3.57 Å². The number of rotatable bonds is 0. The van der Waals surface area contributed by atoms with Crippen molar-refractivity contribution in [3.05, 3.63) is 20.7 Å². The van der Waals surface area contributed by atoms with Gasteiger partial charge in [-0.3, -0.25) is 0 Å². The highest BCUT2D eigenvalue weighted by molar-refractivity contribution is 14.1. The summed E-state index contributed by atoms with van der Waals surface area (Å²) in [5.41, 5.74) is 6.30. The Labute approximate surface area is 83.5 Å². The van der Waals surface area contributed by atoms with Gasteiger partial charge >= 0.3 is 0 Å². The van der Waals surface area contributed by atoms with Crippen LogP contribution in [0.25, 0.3) is 0 Å². The van der Waals surface area contributed by atoms with Crippen molar-refractivity contribution in [2.24, 2.45) is 0 Å². The van der Waals surface area contributed by atoms with Crippen molar-refractivity contribution < 1.29 is 0 Å². The van der Waals surface area contributed by atoms with Crippen molar-refractivity contribution in [2.75, 3.05) is 5.73 Å². The van der Waals surface area contributed by atoms with Crippen LogP contribution < -0.4 is 5.73 Å². The minimum absolute atomic E-state index is 0.670. The van der Waals surface area contributed by atoms with Crippen LogP contribution in [0.1, 0.15) is 0 Å². The van der Waals surface area contributed by atoms with Gasteiger partial charge in [-0.05, 0) is 34.7 Å². The van der Waals surface area contributed by atoms with Crippen LogP contribution in [0.15, 0.2) is 17.0 Å². The van der Waals surface area contributed by atoms with E-state index in [0.717, 1.165) is 8.47 Å². The van der Waals surface area contributed by atoms with Crippen LogP contribution in [-0.2, 0) is 0 Å². The molecule has 0 saturated carbocycles. The molecule has 0 aliphatic rings. The molecule has 0 atom stereocenters. The van der Waals surface area contributed by atoms with Gasteiger partial charge in [0.2, 0.25) is 0 Å². The summed E-state index contributed by atoms with van der Waals surface area (Å²) in [7, 11) is 0. The van der Waals surface area contributed by atoms with Gasteiger partial charge in [-0.1, -0.05) is 11.6 Å². The zero-order valence-corrected chi connectivity index (χ0v) is 8.74. The second-order valence-corrected chi connectivity index (χ2v) is 3.90. The normalized spacial score (nSPS) is 9.90. The Morgan fingerprint density at radius 3 is 2.60 bits per heavy atom. The molecule has 0 fully saturated rings. The Balaban J connectivity index is 3.31. The number of benzene rings is 1. The maximum Gasteiger partial charge on any atom is 0.0586 e. The summed E-state index contributed by atoms with van der Waals surface area (Å²) in [6, 6.07) is 3.53. The molecule has 0 heterocycles. The van der Waals surface area contributed by atoms with Crippen LogP contribution in [-0.4, -0.2) is 0 Å². The predicted octanol–water partition coefficient (Wildman–Crippen LogP) is 2.82. The molecule has 1 aromatic rings. The Kier molecular flexibility index (Phi) is 2.71. The molecule has 0 bridgehead atoms. The number of nitrogens with two attached hydrogens (primary N) is 1. The van der Waals surface area contributed by atoms with E-state index < -0.39 is 0 Å². The summed E-state index contributed by atoms with van der Waals surface area (Å²) in [5, 5.41) is 0.670. The number of anilines is 1. The minimum atomic E-state index is 0.670. The molecule has 54 valence electrons. The molecular formula is C6H5ClINS. The fourth-order valence-corrected chi connectivity index (χ4v) is 2.15. The Hall–Kier alpha value is 0.390. The molecule has 0 saturated heterocycles. The van der Waals surface area contributed by atoms with E-state index >= 15 is 0 Å². The van der Waals surface area contributed by atoms with Gasteiger partial charge in [0.25, 0.3) is 0 Å². The SMILES string of the molecule is Nc1c(S)cc(Cl)cc1I. The van der Waals surface area contributed by atoms with E-state index in [1.165, 1.54) is 0 Å². The van der Waals surface area contributed by atoms with Gasteiger partial charge in [-0.25, -0.2) is 0 Å². The summed E-state index contributed by atoms with van der Waals surface area (Å²) in [6.07, 6.45) is 0. The van der Waals surface area contributed by atoms with E-state index in [0.29, 0.717) is 10.7 Å². The van der Waals surface area contributed by atoms with Gasteiger partial charge in [0.05, 0.1) is 5.69 Å². The molecule has 0 aromatic heterocycles. The highest BCUT2D eigenvalue weighted by Crippen LogP contribution is 2.26. The molecule has 0 radical (unpaired) electrons.